The van der Waals surface area contributed by atoms with E-state index in [1.165, 1.54) is 11.1 Å². The number of rotatable bonds is 7. The number of amides is 2. The molecule has 1 heterocycles. The van der Waals surface area contributed by atoms with Crippen LogP contribution in [0.2, 0.25) is 0 Å². The van der Waals surface area contributed by atoms with Gasteiger partial charge in [0, 0.05) is 25.9 Å². The predicted octanol–water partition coefficient (Wildman–Crippen LogP) is 3.35. The van der Waals surface area contributed by atoms with Gasteiger partial charge in [-0.3, -0.25) is 9.59 Å². The van der Waals surface area contributed by atoms with Crippen molar-refractivity contribution in [1.29, 1.82) is 0 Å². The molecule has 1 fully saturated rings. The molecule has 0 atom stereocenters. The molecule has 0 bridgehead atoms. The minimum absolute atomic E-state index is 0.136. The van der Waals surface area contributed by atoms with E-state index >= 15 is 0 Å². The third-order valence-electron chi connectivity index (χ3n) is 5.62. The third-order valence-corrected chi connectivity index (χ3v) is 5.62. The number of carbonyl (C=O) groups excluding carboxylic acids is 2. The number of nitrogens with zero attached hydrogens (tertiary/aromatic N) is 1. The van der Waals surface area contributed by atoms with E-state index in [1.807, 2.05) is 41.3 Å². The number of primary amides is 1. The fourth-order valence-electron chi connectivity index (χ4n) is 4.10. The minimum Gasteiger partial charge on any atom is -0.370 e. The molecule has 2 N–H and O–H groups in total. The van der Waals surface area contributed by atoms with Gasteiger partial charge >= 0.3 is 0 Å². The largest absolute Gasteiger partial charge is 0.370 e. The van der Waals surface area contributed by atoms with Crippen molar-refractivity contribution < 1.29 is 9.59 Å². The maximum atomic E-state index is 12.6. The average molecular weight is 364 g/mol. The second-order valence-corrected chi connectivity index (χ2v) is 7.67. The van der Waals surface area contributed by atoms with E-state index < -0.39 is 0 Å². The van der Waals surface area contributed by atoms with Crippen LogP contribution in [-0.4, -0.2) is 29.8 Å². The highest BCUT2D eigenvalue weighted by Crippen LogP contribution is 2.38. The molecule has 0 aliphatic carbocycles. The SMILES string of the molecule is NC(=O)CC1(Cc2ccccc2)CCN(C(=O)CCc2ccccc2)CC1. The van der Waals surface area contributed by atoms with Crippen molar-refractivity contribution in [2.24, 2.45) is 11.1 Å². The maximum Gasteiger partial charge on any atom is 0.222 e. The van der Waals surface area contributed by atoms with Crippen LogP contribution < -0.4 is 5.73 Å². The van der Waals surface area contributed by atoms with Crippen LogP contribution in [0.1, 0.15) is 36.8 Å². The summed E-state index contributed by atoms with van der Waals surface area (Å²) in [6.45, 7) is 1.40. The third kappa shape index (κ3) is 5.43. The van der Waals surface area contributed by atoms with Gasteiger partial charge in [0.15, 0.2) is 0 Å². The van der Waals surface area contributed by atoms with Gasteiger partial charge in [-0.1, -0.05) is 60.7 Å². The Labute approximate surface area is 161 Å². The van der Waals surface area contributed by atoms with E-state index in [9.17, 15) is 9.59 Å². The molecule has 2 aromatic carbocycles. The van der Waals surface area contributed by atoms with Crippen molar-refractivity contribution in [2.75, 3.05) is 13.1 Å². The maximum absolute atomic E-state index is 12.6. The van der Waals surface area contributed by atoms with E-state index in [1.54, 1.807) is 0 Å². The number of aryl methyl sites for hydroxylation is 1. The van der Waals surface area contributed by atoms with Crippen LogP contribution in [0, 0.1) is 5.41 Å². The summed E-state index contributed by atoms with van der Waals surface area (Å²) in [7, 11) is 0. The Hall–Kier alpha value is -2.62. The first-order chi connectivity index (χ1) is 13.1. The summed E-state index contributed by atoms with van der Waals surface area (Å²) in [5.41, 5.74) is 7.83. The summed E-state index contributed by atoms with van der Waals surface area (Å²) in [5.74, 6) is -0.0546. The highest BCUT2D eigenvalue weighted by Gasteiger charge is 2.37. The Morgan fingerprint density at radius 2 is 1.44 bits per heavy atom. The van der Waals surface area contributed by atoms with E-state index in [-0.39, 0.29) is 17.2 Å². The Kier molecular flexibility index (Phi) is 6.28. The molecule has 0 spiro atoms. The Morgan fingerprint density at radius 1 is 0.889 bits per heavy atom. The number of hydrogen-bond donors (Lipinski definition) is 1. The molecule has 1 saturated heterocycles. The summed E-state index contributed by atoms with van der Waals surface area (Å²) >= 11 is 0. The summed E-state index contributed by atoms with van der Waals surface area (Å²) in [5, 5.41) is 0. The van der Waals surface area contributed by atoms with Gasteiger partial charge in [0.25, 0.3) is 0 Å². The number of carbonyl (C=O) groups is 2. The highest BCUT2D eigenvalue weighted by molar-refractivity contribution is 5.77. The van der Waals surface area contributed by atoms with Crippen molar-refractivity contribution in [3.8, 4) is 0 Å². The predicted molar refractivity (Wildman–Crippen MR) is 107 cm³/mol. The molecule has 4 heteroatoms. The first-order valence-electron chi connectivity index (χ1n) is 9.70. The van der Waals surface area contributed by atoms with Gasteiger partial charge in [0.2, 0.25) is 11.8 Å². The summed E-state index contributed by atoms with van der Waals surface area (Å²) < 4.78 is 0. The molecule has 2 aromatic rings. The van der Waals surface area contributed by atoms with Crippen LogP contribution in [0.4, 0.5) is 0 Å². The minimum atomic E-state index is -0.255. The zero-order chi connectivity index (χ0) is 19.1. The zero-order valence-electron chi connectivity index (χ0n) is 15.8. The molecule has 27 heavy (non-hydrogen) atoms. The quantitative estimate of drug-likeness (QED) is 0.819. The van der Waals surface area contributed by atoms with E-state index in [0.717, 1.165) is 25.7 Å². The second-order valence-electron chi connectivity index (χ2n) is 7.67. The molecule has 142 valence electrons. The van der Waals surface area contributed by atoms with Gasteiger partial charge in [-0.2, -0.15) is 0 Å². The molecule has 0 saturated carbocycles. The molecule has 3 rings (SSSR count). The Morgan fingerprint density at radius 3 is 2.00 bits per heavy atom. The van der Waals surface area contributed by atoms with Crippen molar-refractivity contribution in [2.45, 2.75) is 38.5 Å². The van der Waals surface area contributed by atoms with Gasteiger partial charge in [-0.05, 0) is 42.2 Å². The zero-order valence-corrected chi connectivity index (χ0v) is 15.8. The molecular formula is C23H28N2O2. The number of benzene rings is 2. The number of hydrogen-bond acceptors (Lipinski definition) is 2. The molecular weight excluding hydrogens is 336 g/mol. The first-order valence-corrected chi connectivity index (χ1v) is 9.70. The topological polar surface area (TPSA) is 63.4 Å². The van der Waals surface area contributed by atoms with Crippen molar-refractivity contribution in [1.82, 2.24) is 4.90 Å². The lowest BCUT2D eigenvalue weighted by atomic mass is 9.71. The molecule has 1 aliphatic heterocycles. The van der Waals surface area contributed by atoms with Crippen LogP contribution in [0.5, 0.6) is 0 Å². The summed E-state index contributed by atoms with van der Waals surface area (Å²) in [6.07, 6.45) is 4.17. The van der Waals surface area contributed by atoms with Crippen LogP contribution in [0.3, 0.4) is 0 Å². The number of likely N-dealkylation sites (tertiary alicyclic amines) is 1. The molecule has 0 radical (unpaired) electrons. The van der Waals surface area contributed by atoms with Gasteiger partial charge < -0.3 is 10.6 Å². The van der Waals surface area contributed by atoms with Crippen molar-refractivity contribution in [3.63, 3.8) is 0 Å². The first kappa shape index (κ1) is 19.2. The van der Waals surface area contributed by atoms with Crippen LogP contribution in [0.15, 0.2) is 60.7 Å². The summed E-state index contributed by atoms with van der Waals surface area (Å²) in [6, 6.07) is 20.3. The Balaban J connectivity index is 1.58. The van der Waals surface area contributed by atoms with Crippen LogP contribution in [0.25, 0.3) is 0 Å². The number of piperidine rings is 1. The lowest BCUT2D eigenvalue weighted by Crippen LogP contribution is -2.45. The lowest BCUT2D eigenvalue weighted by molar-refractivity contribution is -0.134. The normalized spacial score (nSPS) is 16.1. The second kappa shape index (κ2) is 8.85. The molecule has 0 unspecified atom stereocenters. The van der Waals surface area contributed by atoms with Gasteiger partial charge in [0.1, 0.15) is 0 Å². The van der Waals surface area contributed by atoms with Crippen LogP contribution in [-0.2, 0) is 22.4 Å². The van der Waals surface area contributed by atoms with E-state index in [4.69, 9.17) is 5.73 Å². The smallest absolute Gasteiger partial charge is 0.222 e. The molecule has 4 nitrogen and oxygen atoms in total. The fraction of sp³-hybridized carbons (Fsp3) is 0.391. The molecule has 0 aromatic heterocycles. The number of nitrogens with two attached hydrogens (primary N) is 1. The average Bonchev–Trinajstić information content (AvgIpc) is 2.68. The lowest BCUT2D eigenvalue weighted by Gasteiger charge is -2.41. The fourth-order valence-corrected chi connectivity index (χ4v) is 4.10. The van der Waals surface area contributed by atoms with E-state index in [2.05, 4.69) is 24.3 Å². The van der Waals surface area contributed by atoms with Gasteiger partial charge in [-0.25, -0.2) is 0 Å². The standard InChI is InChI=1S/C23H28N2O2/c24-21(26)18-23(17-20-9-5-2-6-10-20)13-15-25(16-14-23)22(27)12-11-19-7-3-1-4-8-19/h1-10H,11-18H2,(H2,24,26). The van der Waals surface area contributed by atoms with Gasteiger partial charge in [0.05, 0.1) is 0 Å². The van der Waals surface area contributed by atoms with Gasteiger partial charge in [-0.15, -0.1) is 0 Å². The Bertz CT molecular complexity index is 750. The van der Waals surface area contributed by atoms with E-state index in [0.29, 0.717) is 25.9 Å². The van der Waals surface area contributed by atoms with Crippen molar-refractivity contribution >= 4 is 11.8 Å². The highest BCUT2D eigenvalue weighted by atomic mass is 16.2. The monoisotopic (exact) mass is 364 g/mol. The van der Waals surface area contributed by atoms with Crippen molar-refractivity contribution in [3.05, 3.63) is 71.8 Å². The molecule has 1 aliphatic rings. The van der Waals surface area contributed by atoms with Crippen LogP contribution >= 0.6 is 0 Å². The molecule has 2 amide bonds. The summed E-state index contributed by atoms with van der Waals surface area (Å²) in [4.78, 5) is 26.2.